The van der Waals surface area contributed by atoms with Crippen LogP contribution < -0.4 is 60.6 Å². The Morgan fingerprint density at radius 2 is 0.800 bits per heavy atom. The zero-order valence-corrected chi connectivity index (χ0v) is 23.6. The largest absolute Gasteiger partial charge is 0.480 e. The van der Waals surface area contributed by atoms with Crippen molar-refractivity contribution in [3.8, 4) is 0 Å². The Morgan fingerprint density at radius 1 is 0.467 bits per heavy atom. The summed E-state index contributed by atoms with van der Waals surface area (Å²) in [5, 5.41) is 20.9. The second-order valence-corrected chi connectivity index (χ2v) is 9.14. The number of nitrogens with two attached hydrogens (primary N) is 5. The maximum Gasteiger partial charge on any atom is 0.322 e. The van der Waals surface area contributed by atoms with E-state index in [9.17, 15) is 52.7 Å². The van der Waals surface area contributed by atoms with Crippen LogP contribution in [0.1, 0.15) is 25.7 Å². The molecule has 0 aromatic rings. The monoisotopic (exact) mass is 645 g/mol. The first-order valence-corrected chi connectivity index (χ1v) is 12.6. The van der Waals surface area contributed by atoms with Crippen molar-refractivity contribution in [2.24, 2.45) is 28.7 Å². The van der Waals surface area contributed by atoms with E-state index in [0.717, 1.165) is 0 Å². The zero-order valence-electron chi connectivity index (χ0n) is 23.6. The van der Waals surface area contributed by atoms with Crippen LogP contribution >= 0.6 is 0 Å². The SMILES string of the molecule is NC(=O)C[C@H](NC(=O)CNC(=O)[C@@H](N)CC(N)=O)C(=O)NCC(=O)N[C@@H](CC(N)=O)C(=O)N[C@@H](CC(N)=O)C(=O)NCC(=O)O. The van der Waals surface area contributed by atoms with E-state index in [2.05, 4.69) is 10.6 Å². The molecule has 10 amide bonds. The predicted octanol–water partition coefficient (Wildman–Crippen LogP) is -9.30. The number of carboxylic acids is 1. The van der Waals surface area contributed by atoms with Gasteiger partial charge in [-0.15, -0.1) is 0 Å². The highest BCUT2D eigenvalue weighted by atomic mass is 16.4. The Labute approximate surface area is 253 Å². The van der Waals surface area contributed by atoms with Gasteiger partial charge < -0.3 is 65.7 Å². The van der Waals surface area contributed by atoms with Gasteiger partial charge in [0, 0.05) is 0 Å². The normalized spacial score (nSPS) is 12.9. The standard InChI is InChI=1S/C22H35N11O12/c23-8(1-12(24)34)19(42)28-5-16(38)31-9(2-13(25)35)20(43)29-6-17(39)32-11(4-15(27)37)22(45)33-10(3-14(26)36)21(44)30-7-18(40)41/h8-11H,1-7,23H2,(H2,24,34)(H2,25,35)(H2,26,36)(H2,27,37)(H,28,42)(H,29,43)(H,30,44)(H,31,38)(H,32,39)(H,33,45)(H,40,41)/t8-,9-,10-,11-/m0/s1. The molecule has 0 rings (SSSR count). The number of nitrogens with one attached hydrogen (secondary N) is 6. The maximum absolute atomic E-state index is 12.7. The van der Waals surface area contributed by atoms with Gasteiger partial charge in [0.1, 0.15) is 24.7 Å². The van der Waals surface area contributed by atoms with E-state index in [4.69, 9.17) is 33.8 Å². The molecule has 45 heavy (non-hydrogen) atoms. The molecular weight excluding hydrogens is 610 g/mol. The number of hydrogen-bond donors (Lipinski definition) is 12. The van der Waals surface area contributed by atoms with Crippen LogP contribution in [0.5, 0.6) is 0 Å². The van der Waals surface area contributed by atoms with E-state index in [1.54, 1.807) is 0 Å². The smallest absolute Gasteiger partial charge is 0.322 e. The Morgan fingerprint density at radius 3 is 1.18 bits per heavy atom. The number of carbonyl (C=O) groups is 11. The van der Waals surface area contributed by atoms with E-state index in [1.165, 1.54) is 0 Å². The third-order valence-corrected chi connectivity index (χ3v) is 5.17. The molecule has 0 aromatic carbocycles. The Balaban J connectivity index is 5.35. The summed E-state index contributed by atoms with van der Waals surface area (Å²) in [7, 11) is 0. The summed E-state index contributed by atoms with van der Waals surface area (Å²) in [6, 6.07) is -6.48. The van der Waals surface area contributed by atoms with Gasteiger partial charge in [-0.2, -0.15) is 0 Å². The van der Waals surface area contributed by atoms with Crippen LogP contribution in [0.3, 0.4) is 0 Å². The number of rotatable bonds is 21. The lowest BCUT2D eigenvalue weighted by atomic mass is 10.1. The third-order valence-electron chi connectivity index (χ3n) is 5.17. The summed E-state index contributed by atoms with van der Waals surface area (Å²) in [6.07, 6.45) is -2.89. The van der Waals surface area contributed by atoms with Crippen molar-refractivity contribution in [1.29, 1.82) is 0 Å². The first-order chi connectivity index (χ1) is 20.8. The minimum Gasteiger partial charge on any atom is -0.480 e. The van der Waals surface area contributed by atoms with Crippen molar-refractivity contribution >= 4 is 65.0 Å². The van der Waals surface area contributed by atoms with Gasteiger partial charge in [0.15, 0.2) is 0 Å². The summed E-state index contributed by atoms with van der Waals surface area (Å²) >= 11 is 0. The van der Waals surface area contributed by atoms with E-state index >= 15 is 0 Å². The van der Waals surface area contributed by atoms with E-state index in [1.807, 2.05) is 21.3 Å². The van der Waals surface area contributed by atoms with Crippen molar-refractivity contribution in [3.63, 3.8) is 0 Å². The summed E-state index contributed by atoms with van der Waals surface area (Å²) in [5.41, 5.74) is 25.6. The van der Waals surface area contributed by atoms with Crippen molar-refractivity contribution in [3.05, 3.63) is 0 Å². The third kappa shape index (κ3) is 17.6. The molecule has 17 N–H and O–H groups in total. The highest BCUT2D eigenvalue weighted by Crippen LogP contribution is 1.99. The quantitative estimate of drug-likeness (QED) is 0.0552. The fraction of sp³-hybridized carbons (Fsp3) is 0.500. The van der Waals surface area contributed by atoms with E-state index < -0.39 is 135 Å². The zero-order chi connectivity index (χ0) is 34.9. The molecule has 0 heterocycles. The summed E-state index contributed by atoms with van der Waals surface area (Å²) in [6.45, 7) is -2.53. The highest BCUT2D eigenvalue weighted by Gasteiger charge is 2.30. The molecule has 4 atom stereocenters. The molecule has 0 radical (unpaired) electrons. The number of hydrogen-bond acceptors (Lipinski definition) is 12. The first kappa shape index (κ1) is 39.1. The average Bonchev–Trinajstić information content (AvgIpc) is 2.90. The Bertz CT molecular complexity index is 1210. The van der Waals surface area contributed by atoms with Crippen LogP contribution in [0.15, 0.2) is 0 Å². The van der Waals surface area contributed by atoms with Crippen LogP contribution in [0.25, 0.3) is 0 Å². The number of amides is 10. The van der Waals surface area contributed by atoms with Crippen LogP contribution in [0, 0.1) is 0 Å². The van der Waals surface area contributed by atoms with Gasteiger partial charge in [0.25, 0.3) is 0 Å². The lowest BCUT2D eigenvalue weighted by Crippen LogP contribution is -2.57. The lowest BCUT2D eigenvalue weighted by molar-refractivity contribution is -0.139. The maximum atomic E-state index is 12.7. The van der Waals surface area contributed by atoms with Crippen molar-refractivity contribution in [2.75, 3.05) is 19.6 Å². The van der Waals surface area contributed by atoms with Gasteiger partial charge in [0.2, 0.25) is 59.1 Å². The van der Waals surface area contributed by atoms with Crippen LogP contribution in [-0.2, 0) is 52.7 Å². The van der Waals surface area contributed by atoms with Crippen LogP contribution in [-0.4, -0.2) is 114 Å². The molecule has 0 aliphatic carbocycles. The second-order valence-electron chi connectivity index (χ2n) is 9.14. The van der Waals surface area contributed by atoms with Gasteiger partial charge in [-0.05, 0) is 0 Å². The lowest BCUT2D eigenvalue weighted by Gasteiger charge is -2.22. The average molecular weight is 646 g/mol. The Kier molecular flexibility index (Phi) is 16.8. The minimum absolute atomic E-state index is 0.514. The van der Waals surface area contributed by atoms with Gasteiger partial charge in [-0.3, -0.25) is 52.7 Å². The fourth-order valence-corrected chi connectivity index (χ4v) is 3.18. The summed E-state index contributed by atoms with van der Waals surface area (Å²) in [4.78, 5) is 130. The highest BCUT2D eigenvalue weighted by molar-refractivity contribution is 5.98. The van der Waals surface area contributed by atoms with Crippen molar-refractivity contribution in [1.82, 2.24) is 31.9 Å². The van der Waals surface area contributed by atoms with Gasteiger partial charge in [-0.1, -0.05) is 0 Å². The molecule has 23 nitrogen and oxygen atoms in total. The molecule has 23 heteroatoms. The molecule has 0 aromatic heterocycles. The molecule has 0 aliphatic heterocycles. The van der Waals surface area contributed by atoms with Crippen LogP contribution in [0.2, 0.25) is 0 Å². The number of primary amides is 4. The molecule has 0 fully saturated rings. The number of carbonyl (C=O) groups excluding carboxylic acids is 10. The van der Waals surface area contributed by atoms with E-state index in [-0.39, 0.29) is 0 Å². The van der Waals surface area contributed by atoms with Crippen molar-refractivity contribution < 1.29 is 57.8 Å². The van der Waals surface area contributed by atoms with E-state index in [0.29, 0.717) is 0 Å². The topological polar surface area (TPSA) is 410 Å². The fourth-order valence-electron chi connectivity index (χ4n) is 3.18. The summed E-state index contributed by atoms with van der Waals surface area (Å²) < 4.78 is 0. The summed E-state index contributed by atoms with van der Waals surface area (Å²) in [5.74, 6) is -12.1. The minimum atomic E-state index is -1.76. The van der Waals surface area contributed by atoms with Crippen molar-refractivity contribution in [2.45, 2.75) is 49.9 Å². The number of carboxylic acid groups (broad SMARTS) is 1. The number of aliphatic carboxylic acids is 1. The van der Waals surface area contributed by atoms with Crippen LogP contribution in [0.4, 0.5) is 0 Å². The molecule has 0 aliphatic rings. The van der Waals surface area contributed by atoms with Gasteiger partial charge in [-0.25, -0.2) is 0 Å². The molecular formula is C22H35N11O12. The molecule has 250 valence electrons. The van der Waals surface area contributed by atoms with Gasteiger partial charge >= 0.3 is 5.97 Å². The molecule has 0 bridgehead atoms. The molecule has 0 unspecified atom stereocenters. The second kappa shape index (κ2) is 19.3. The molecule has 0 saturated carbocycles. The van der Waals surface area contributed by atoms with Gasteiger partial charge in [0.05, 0.1) is 44.8 Å². The predicted molar refractivity (Wildman–Crippen MR) is 146 cm³/mol. The molecule has 0 saturated heterocycles. The Hall–Kier alpha value is -5.87. The first-order valence-electron chi connectivity index (χ1n) is 12.6. The molecule has 0 spiro atoms.